The summed E-state index contributed by atoms with van der Waals surface area (Å²) in [5.41, 5.74) is 0.952. The molecule has 0 saturated carbocycles. The van der Waals surface area contributed by atoms with Crippen molar-refractivity contribution in [3.05, 3.63) is 29.3 Å². The van der Waals surface area contributed by atoms with Gasteiger partial charge in [0.25, 0.3) is 0 Å². The summed E-state index contributed by atoms with van der Waals surface area (Å²) in [6.07, 6.45) is 4.94. The Balaban J connectivity index is 1.37. The Hall–Kier alpha value is -2.15. The van der Waals surface area contributed by atoms with Crippen LogP contribution in [0.25, 0.3) is 10.2 Å². The summed E-state index contributed by atoms with van der Waals surface area (Å²) in [5, 5.41) is 6.42. The van der Waals surface area contributed by atoms with Crippen molar-refractivity contribution in [3.8, 4) is 0 Å². The second kappa shape index (κ2) is 8.80. The number of benzene rings is 1. The van der Waals surface area contributed by atoms with Crippen LogP contribution in [0.2, 0.25) is 0 Å². The van der Waals surface area contributed by atoms with E-state index in [1.54, 1.807) is 11.3 Å². The summed E-state index contributed by atoms with van der Waals surface area (Å²) in [4.78, 5) is 30.4. The van der Waals surface area contributed by atoms with E-state index in [1.807, 2.05) is 29.2 Å². The van der Waals surface area contributed by atoms with Gasteiger partial charge >= 0.3 is 6.03 Å². The average Bonchev–Trinajstić information content (AvgIpc) is 2.83. The number of para-hydroxylation sites is 1. The van der Waals surface area contributed by atoms with Crippen LogP contribution in [0.1, 0.15) is 37.1 Å². The van der Waals surface area contributed by atoms with Gasteiger partial charge in [-0.3, -0.25) is 4.79 Å². The van der Waals surface area contributed by atoms with Gasteiger partial charge in [0, 0.05) is 26.1 Å². The smallest absolute Gasteiger partial charge is 0.315 e. The van der Waals surface area contributed by atoms with Crippen molar-refractivity contribution < 1.29 is 9.59 Å². The van der Waals surface area contributed by atoms with Crippen molar-refractivity contribution in [2.24, 2.45) is 0 Å². The Kier molecular flexibility index (Phi) is 6.22. The molecule has 1 aliphatic rings. The van der Waals surface area contributed by atoms with E-state index in [4.69, 9.17) is 0 Å². The third kappa shape index (κ3) is 5.16. The molecule has 1 saturated heterocycles. The molecule has 0 atom stereocenters. The maximum atomic E-state index is 12.2. The fourth-order valence-electron chi connectivity index (χ4n) is 2.98. The van der Waals surface area contributed by atoms with Crippen LogP contribution in [0, 0.1) is 0 Å². The SMILES string of the molecule is O=C(NCCC(=O)N1CCCCCC1)NCc1nc2ccccc2s1. The Morgan fingerprint density at radius 2 is 1.84 bits per heavy atom. The van der Waals surface area contributed by atoms with Crippen LogP contribution >= 0.6 is 11.3 Å². The largest absolute Gasteiger partial charge is 0.343 e. The van der Waals surface area contributed by atoms with Gasteiger partial charge in [0.2, 0.25) is 5.91 Å². The van der Waals surface area contributed by atoms with Crippen molar-refractivity contribution in [1.82, 2.24) is 20.5 Å². The molecule has 2 N–H and O–H groups in total. The van der Waals surface area contributed by atoms with E-state index in [9.17, 15) is 9.59 Å². The van der Waals surface area contributed by atoms with Crippen molar-refractivity contribution in [2.75, 3.05) is 19.6 Å². The zero-order chi connectivity index (χ0) is 17.5. The van der Waals surface area contributed by atoms with Gasteiger partial charge in [-0.05, 0) is 25.0 Å². The third-order valence-electron chi connectivity index (χ3n) is 4.32. The van der Waals surface area contributed by atoms with Crippen molar-refractivity contribution in [2.45, 2.75) is 38.6 Å². The first-order valence-electron chi connectivity index (χ1n) is 8.86. The van der Waals surface area contributed by atoms with Crippen LogP contribution in [-0.4, -0.2) is 41.5 Å². The molecule has 0 unspecified atom stereocenters. The molecule has 25 heavy (non-hydrogen) atoms. The minimum absolute atomic E-state index is 0.133. The number of carbonyl (C=O) groups is 2. The summed E-state index contributed by atoms with van der Waals surface area (Å²) in [7, 11) is 0. The number of hydrogen-bond acceptors (Lipinski definition) is 4. The summed E-state index contributed by atoms with van der Waals surface area (Å²) >= 11 is 1.57. The zero-order valence-electron chi connectivity index (χ0n) is 14.3. The topological polar surface area (TPSA) is 74.3 Å². The number of likely N-dealkylation sites (tertiary alicyclic amines) is 1. The predicted octanol–water partition coefficient (Wildman–Crippen LogP) is 2.89. The van der Waals surface area contributed by atoms with Gasteiger partial charge in [-0.1, -0.05) is 25.0 Å². The number of amides is 3. The van der Waals surface area contributed by atoms with Gasteiger partial charge < -0.3 is 15.5 Å². The molecular formula is C18H24N4O2S. The number of nitrogens with zero attached hydrogens (tertiary/aromatic N) is 2. The second-order valence-corrected chi connectivity index (χ2v) is 7.34. The summed E-state index contributed by atoms with van der Waals surface area (Å²) < 4.78 is 1.11. The molecule has 1 aromatic carbocycles. The Morgan fingerprint density at radius 1 is 1.08 bits per heavy atom. The Bertz CT molecular complexity index is 690. The molecule has 1 aliphatic heterocycles. The minimum atomic E-state index is -0.261. The van der Waals surface area contributed by atoms with Crippen LogP contribution in [0.15, 0.2) is 24.3 Å². The molecule has 7 heteroatoms. The lowest BCUT2D eigenvalue weighted by atomic mass is 10.2. The number of hydrogen-bond donors (Lipinski definition) is 2. The molecule has 0 bridgehead atoms. The molecule has 2 aromatic rings. The fraction of sp³-hybridized carbons (Fsp3) is 0.500. The Labute approximate surface area is 151 Å². The monoisotopic (exact) mass is 360 g/mol. The van der Waals surface area contributed by atoms with E-state index in [0.717, 1.165) is 41.2 Å². The number of rotatable bonds is 5. The van der Waals surface area contributed by atoms with E-state index in [-0.39, 0.29) is 11.9 Å². The van der Waals surface area contributed by atoms with Crippen molar-refractivity contribution >= 4 is 33.5 Å². The molecule has 0 radical (unpaired) electrons. The number of urea groups is 1. The summed E-state index contributed by atoms with van der Waals surface area (Å²) in [6.45, 7) is 2.46. The fourth-order valence-corrected chi connectivity index (χ4v) is 3.88. The highest BCUT2D eigenvalue weighted by Crippen LogP contribution is 2.21. The first kappa shape index (κ1) is 17.7. The van der Waals surface area contributed by atoms with E-state index in [2.05, 4.69) is 15.6 Å². The lowest BCUT2D eigenvalue weighted by Gasteiger charge is -2.20. The quantitative estimate of drug-likeness (QED) is 0.861. The molecule has 0 spiro atoms. The van der Waals surface area contributed by atoms with Crippen LogP contribution in [0.5, 0.6) is 0 Å². The lowest BCUT2D eigenvalue weighted by molar-refractivity contribution is -0.131. The standard InChI is InChI=1S/C18H24N4O2S/c23-17(22-11-5-1-2-6-12-22)9-10-19-18(24)20-13-16-21-14-7-3-4-8-15(14)25-16/h3-4,7-8H,1-2,5-6,9-13H2,(H2,19,20,24). The molecule has 6 nitrogen and oxygen atoms in total. The molecule has 3 rings (SSSR count). The summed E-state index contributed by atoms with van der Waals surface area (Å²) in [5.74, 6) is 0.133. The highest BCUT2D eigenvalue weighted by Gasteiger charge is 2.15. The van der Waals surface area contributed by atoms with Crippen molar-refractivity contribution in [3.63, 3.8) is 0 Å². The number of fused-ring (bicyclic) bond motifs is 1. The van der Waals surface area contributed by atoms with Crippen molar-refractivity contribution in [1.29, 1.82) is 0 Å². The highest BCUT2D eigenvalue weighted by molar-refractivity contribution is 7.18. The summed E-state index contributed by atoms with van der Waals surface area (Å²) in [6, 6.07) is 7.65. The Morgan fingerprint density at radius 3 is 2.60 bits per heavy atom. The van der Waals surface area contributed by atoms with E-state index < -0.39 is 0 Å². The molecule has 1 aromatic heterocycles. The van der Waals surface area contributed by atoms with E-state index in [0.29, 0.717) is 19.5 Å². The second-order valence-electron chi connectivity index (χ2n) is 6.23. The molecule has 1 fully saturated rings. The normalized spacial score (nSPS) is 15.0. The van der Waals surface area contributed by atoms with Gasteiger partial charge in [-0.15, -0.1) is 11.3 Å². The number of carbonyl (C=O) groups excluding carboxylic acids is 2. The van der Waals surface area contributed by atoms with Gasteiger partial charge in [0.05, 0.1) is 16.8 Å². The van der Waals surface area contributed by atoms with Crippen LogP contribution in [0.4, 0.5) is 4.79 Å². The number of thiazole rings is 1. The van der Waals surface area contributed by atoms with Gasteiger partial charge in [0.15, 0.2) is 0 Å². The maximum Gasteiger partial charge on any atom is 0.315 e. The minimum Gasteiger partial charge on any atom is -0.343 e. The van der Waals surface area contributed by atoms with E-state index >= 15 is 0 Å². The van der Waals surface area contributed by atoms with Gasteiger partial charge in [0.1, 0.15) is 5.01 Å². The average molecular weight is 360 g/mol. The van der Waals surface area contributed by atoms with Crippen LogP contribution in [-0.2, 0) is 11.3 Å². The predicted molar refractivity (Wildman–Crippen MR) is 99.5 cm³/mol. The first-order chi connectivity index (χ1) is 12.2. The lowest BCUT2D eigenvalue weighted by Crippen LogP contribution is -2.38. The molecule has 134 valence electrons. The van der Waals surface area contributed by atoms with E-state index in [1.165, 1.54) is 12.8 Å². The molecule has 2 heterocycles. The third-order valence-corrected chi connectivity index (χ3v) is 5.36. The van der Waals surface area contributed by atoms with Crippen LogP contribution in [0.3, 0.4) is 0 Å². The van der Waals surface area contributed by atoms with Crippen LogP contribution < -0.4 is 10.6 Å². The first-order valence-corrected chi connectivity index (χ1v) is 9.68. The van der Waals surface area contributed by atoms with Gasteiger partial charge in [-0.2, -0.15) is 0 Å². The number of aromatic nitrogens is 1. The molecule has 3 amide bonds. The maximum absolute atomic E-state index is 12.2. The van der Waals surface area contributed by atoms with Gasteiger partial charge in [-0.25, -0.2) is 9.78 Å². The molecule has 0 aliphatic carbocycles. The number of nitrogens with one attached hydrogen (secondary N) is 2. The molecular weight excluding hydrogens is 336 g/mol. The zero-order valence-corrected chi connectivity index (χ0v) is 15.1. The highest BCUT2D eigenvalue weighted by atomic mass is 32.1.